The van der Waals surface area contributed by atoms with Crippen molar-refractivity contribution in [2.45, 2.75) is 64.7 Å². The van der Waals surface area contributed by atoms with Crippen LogP contribution in [0.2, 0.25) is 0 Å². The van der Waals surface area contributed by atoms with Crippen LogP contribution >= 0.6 is 0 Å². The van der Waals surface area contributed by atoms with Gasteiger partial charge in [0.05, 0.1) is 11.8 Å². The van der Waals surface area contributed by atoms with Gasteiger partial charge in [-0.1, -0.05) is 12.1 Å². The number of ether oxygens (including phenoxy) is 1. The Morgan fingerprint density at radius 2 is 1.83 bits per heavy atom. The number of hydrogen-bond acceptors (Lipinski definition) is 7. The van der Waals surface area contributed by atoms with Gasteiger partial charge in [-0.2, -0.15) is 9.61 Å². The molecule has 3 heterocycles. The molecule has 0 radical (unpaired) electrons. The summed E-state index contributed by atoms with van der Waals surface area (Å²) in [5.74, 6) is 0.868. The van der Waals surface area contributed by atoms with Gasteiger partial charge in [-0.3, -0.25) is 4.79 Å². The Morgan fingerprint density at radius 1 is 1.11 bits per heavy atom. The highest BCUT2D eigenvalue weighted by Gasteiger charge is 2.26. The Kier molecular flexibility index (Phi) is 6.90. The van der Waals surface area contributed by atoms with Gasteiger partial charge in [-0.25, -0.2) is 9.78 Å². The predicted octanol–water partition coefficient (Wildman–Crippen LogP) is 3.70. The molecule has 1 saturated heterocycles. The van der Waals surface area contributed by atoms with Crippen molar-refractivity contribution >= 4 is 29.3 Å². The van der Waals surface area contributed by atoms with Crippen LogP contribution < -0.4 is 15.5 Å². The quantitative estimate of drug-likeness (QED) is 0.494. The van der Waals surface area contributed by atoms with Gasteiger partial charge in [0.15, 0.2) is 5.65 Å². The summed E-state index contributed by atoms with van der Waals surface area (Å²) in [4.78, 5) is 31.9. The molecule has 10 heteroatoms. The van der Waals surface area contributed by atoms with Crippen molar-refractivity contribution in [3.8, 4) is 0 Å². The van der Waals surface area contributed by atoms with Crippen molar-refractivity contribution in [3.63, 3.8) is 0 Å². The summed E-state index contributed by atoms with van der Waals surface area (Å²) in [6.45, 7) is 10.3. The van der Waals surface area contributed by atoms with E-state index in [2.05, 4.69) is 25.6 Å². The van der Waals surface area contributed by atoms with E-state index in [1.54, 1.807) is 61.0 Å². The molecule has 3 aromatic rings. The van der Waals surface area contributed by atoms with Crippen LogP contribution in [0.25, 0.3) is 5.65 Å². The molecule has 2 amide bonds. The fraction of sp³-hybridized carbons (Fsp3) is 0.462. The molecule has 0 bridgehead atoms. The van der Waals surface area contributed by atoms with Gasteiger partial charge in [0.25, 0.3) is 5.91 Å². The SMILES string of the molecule is CC(C)(C)OC(=O)N[C@@H]1CCCN(c2cc(NC(=O)c3ccc(C(C)(C)O)cc3)nc3ccnn23)C1. The average molecular weight is 495 g/mol. The smallest absolute Gasteiger partial charge is 0.407 e. The number of carbonyl (C=O) groups is 2. The van der Waals surface area contributed by atoms with Crippen LogP contribution in [-0.2, 0) is 10.3 Å². The third-order valence-corrected chi connectivity index (χ3v) is 5.90. The van der Waals surface area contributed by atoms with Gasteiger partial charge in [-0.15, -0.1) is 0 Å². The molecule has 4 rings (SSSR count). The van der Waals surface area contributed by atoms with E-state index in [0.29, 0.717) is 23.6 Å². The van der Waals surface area contributed by atoms with E-state index in [4.69, 9.17) is 4.74 Å². The highest BCUT2D eigenvalue weighted by atomic mass is 16.6. The van der Waals surface area contributed by atoms with Crippen LogP contribution in [-0.4, -0.2) is 56.4 Å². The van der Waals surface area contributed by atoms with E-state index >= 15 is 0 Å². The van der Waals surface area contributed by atoms with E-state index in [-0.39, 0.29) is 11.9 Å². The van der Waals surface area contributed by atoms with Gasteiger partial charge in [-0.05, 0) is 65.2 Å². The third kappa shape index (κ3) is 6.12. The molecule has 1 aliphatic heterocycles. The predicted molar refractivity (Wildman–Crippen MR) is 137 cm³/mol. The van der Waals surface area contributed by atoms with Crippen LogP contribution in [0, 0.1) is 0 Å². The largest absolute Gasteiger partial charge is 0.444 e. The summed E-state index contributed by atoms with van der Waals surface area (Å²) >= 11 is 0. The lowest BCUT2D eigenvalue weighted by atomic mass is 9.97. The molecular weight excluding hydrogens is 460 g/mol. The number of nitrogens with zero attached hydrogens (tertiary/aromatic N) is 4. The molecule has 10 nitrogen and oxygen atoms in total. The second-order valence-corrected chi connectivity index (χ2v) is 10.6. The van der Waals surface area contributed by atoms with Crippen molar-refractivity contribution in [3.05, 3.63) is 53.7 Å². The van der Waals surface area contributed by atoms with Crippen molar-refractivity contribution in [1.82, 2.24) is 19.9 Å². The molecule has 1 fully saturated rings. The number of carbonyl (C=O) groups excluding carboxylic acids is 2. The van der Waals surface area contributed by atoms with Crippen LogP contribution in [0.1, 0.15) is 63.4 Å². The lowest BCUT2D eigenvalue weighted by Gasteiger charge is -2.35. The number of fused-ring (bicyclic) bond motifs is 1. The number of piperidine rings is 1. The third-order valence-electron chi connectivity index (χ3n) is 5.90. The lowest BCUT2D eigenvalue weighted by molar-refractivity contribution is 0.0499. The molecule has 0 saturated carbocycles. The van der Waals surface area contributed by atoms with E-state index in [1.807, 2.05) is 20.8 Å². The van der Waals surface area contributed by atoms with E-state index in [9.17, 15) is 14.7 Å². The van der Waals surface area contributed by atoms with Crippen LogP contribution in [0.4, 0.5) is 16.4 Å². The Hall–Kier alpha value is -3.66. The van der Waals surface area contributed by atoms with E-state index < -0.39 is 17.3 Å². The summed E-state index contributed by atoms with van der Waals surface area (Å²) in [6.07, 6.45) is 2.94. The second kappa shape index (κ2) is 9.77. The minimum Gasteiger partial charge on any atom is -0.444 e. The fourth-order valence-electron chi connectivity index (χ4n) is 4.18. The molecule has 192 valence electrons. The van der Waals surface area contributed by atoms with Crippen LogP contribution in [0.15, 0.2) is 42.6 Å². The molecule has 1 aliphatic rings. The van der Waals surface area contributed by atoms with E-state index in [1.165, 1.54) is 0 Å². The first kappa shape index (κ1) is 25.4. The molecule has 36 heavy (non-hydrogen) atoms. The molecule has 0 spiro atoms. The number of amides is 2. The number of hydrogen-bond donors (Lipinski definition) is 3. The topological polar surface area (TPSA) is 121 Å². The molecule has 1 atom stereocenters. The second-order valence-electron chi connectivity index (χ2n) is 10.6. The Morgan fingerprint density at radius 3 is 2.50 bits per heavy atom. The zero-order valence-corrected chi connectivity index (χ0v) is 21.4. The first-order valence-electron chi connectivity index (χ1n) is 12.1. The Balaban J connectivity index is 1.52. The molecule has 0 unspecified atom stereocenters. The maximum atomic E-state index is 12.9. The summed E-state index contributed by atoms with van der Waals surface area (Å²) < 4.78 is 7.14. The summed E-state index contributed by atoms with van der Waals surface area (Å²) in [5, 5.41) is 20.4. The standard InChI is InChI=1S/C26H34N6O4/c1-25(2,3)36-24(34)28-19-7-6-14-31(16-19)22-15-20(29-21-12-13-27-32(21)22)30-23(33)17-8-10-18(11-9-17)26(4,5)35/h8-13,15,19,35H,6-7,14,16H2,1-5H3,(H,28,34)(H,29,30,33)/t19-/m1/s1. The minimum atomic E-state index is -0.983. The van der Waals surface area contributed by atoms with Gasteiger partial charge >= 0.3 is 6.09 Å². The maximum absolute atomic E-state index is 12.9. The van der Waals surface area contributed by atoms with Crippen molar-refractivity contribution in [2.75, 3.05) is 23.3 Å². The van der Waals surface area contributed by atoms with Gasteiger partial charge < -0.3 is 25.4 Å². The zero-order valence-electron chi connectivity index (χ0n) is 21.4. The van der Waals surface area contributed by atoms with E-state index in [0.717, 1.165) is 30.8 Å². The molecule has 2 aromatic heterocycles. The summed E-state index contributed by atoms with van der Waals surface area (Å²) in [7, 11) is 0. The Labute approximate surface area is 210 Å². The normalized spacial score (nSPS) is 16.6. The van der Waals surface area contributed by atoms with Crippen molar-refractivity contribution in [2.24, 2.45) is 0 Å². The Bertz CT molecular complexity index is 1240. The number of alkyl carbamates (subject to hydrolysis) is 1. The van der Waals surface area contributed by atoms with Crippen molar-refractivity contribution < 1.29 is 19.4 Å². The molecular formula is C26H34N6O4. The number of aliphatic hydroxyl groups is 1. The molecule has 0 aliphatic carbocycles. The molecule has 3 N–H and O–H groups in total. The first-order valence-corrected chi connectivity index (χ1v) is 12.1. The highest BCUT2D eigenvalue weighted by Crippen LogP contribution is 2.25. The summed E-state index contributed by atoms with van der Waals surface area (Å²) in [5.41, 5.74) is 0.233. The number of nitrogens with one attached hydrogen (secondary N) is 2. The number of anilines is 2. The van der Waals surface area contributed by atoms with Gasteiger partial charge in [0, 0.05) is 36.8 Å². The van der Waals surface area contributed by atoms with Crippen LogP contribution in [0.5, 0.6) is 0 Å². The fourth-order valence-corrected chi connectivity index (χ4v) is 4.18. The molecule has 1 aromatic carbocycles. The first-order chi connectivity index (χ1) is 16.9. The monoisotopic (exact) mass is 494 g/mol. The zero-order chi connectivity index (χ0) is 26.1. The van der Waals surface area contributed by atoms with Crippen LogP contribution in [0.3, 0.4) is 0 Å². The maximum Gasteiger partial charge on any atom is 0.407 e. The van der Waals surface area contributed by atoms with Gasteiger partial charge in [0.1, 0.15) is 17.2 Å². The highest BCUT2D eigenvalue weighted by molar-refractivity contribution is 6.04. The number of aromatic nitrogens is 3. The average Bonchev–Trinajstić information content (AvgIpc) is 3.25. The number of benzene rings is 1. The lowest BCUT2D eigenvalue weighted by Crippen LogP contribution is -2.49. The minimum absolute atomic E-state index is 0.0836. The van der Waals surface area contributed by atoms with Gasteiger partial charge in [0.2, 0.25) is 0 Å². The number of rotatable bonds is 5. The van der Waals surface area contributed by atoms with Crippen molar-refractivity contribution in [1.29, 1.82) is 0 Å². The summed E-state index contributed by atoms with van der Waals surface area (Å²) in [6, 6.07) is 10.3.